The molecular formula is C19H11O6S2-. The summed E-state index contributed by atoms with van der Waals surface area (Å²) in [6.07, 6.45) is 3.15. The first-order valence-electron chi connectivity index (χ1n) is 7.79. The third-order valence-corrected chi connectivity index (χ3v) is 8.04. The number of hydrogen-bond acceptors (Lipinski definition) is 6. The average molecular weight is 399 g/mol. The predicted molar refractivity (Wildman–Crippen MR) is 95.7 cm³/mol. The molecule has 2 aliphatic rings. The number of hydrogen-bond donors (Lipinski definition) is 0. The molecule has 2 heterocycles. The third kappa shape index (κ3) is 2.41. The van der Waals surface area contributed by atoms with Gasteiger partial charge >= 0.3 is 0 Å². The van der Waals surface area contributed by atoms with Crippen molar-refractivity contribution in [1.82, 2.24) is 0 Å². The lowest BCUT2D eigenvalue weighted by Gasteiger charge is -2.07. The first kappa shape index (κ1) is 17.4. The standard InChI is InChI=1S/C19H12O6S2/c20-18-12-6-1-3-8-14(12)26(22,23)16(18)10-5-11-17-19(21)13-7-2-4-9-15(13)27(17,24)25/h1-11,20H/p-1/b10-5+,17-11-. The minimum Gasteiger partial charge on any atom is -0.871 e. The van der Waals surface area contributed by atoms with Crippen molar-refractivity contribution in [3.8, 4) is 0 Å². The summed E-state index contributed by atoms with van der Waals surface area (Å²) >= 11 is 0. The van der Waals surface area contributed by atoms with E-state index in [-0.39, 0.29) is 20.9 Å². The first-order valence-corrected chi connectivity index (χ1v) is 10.8. The molecule has 0 radical (unpaired) electrons. The highest BCUT2D eigenvalue weighted by Gasteiger charge is 2.38. The maximum Gasteiger partial charge on any atom is 0.211 e. The smallest absolute Gasteiger partial charge is 0.211 e. The van der Waals surface area contributed by atoms with Crippen molar-refractivity contribution in [3.63, 3.8) is 0 Å². The highest BCUT2D eigenvalue weighted by Crippen LogP contribution is 2.37. The van der Waals surface area contributed by atoms with Crippen molar-refractivity contribution in [2.75, 3.05) is 0 Å². The number of benzene rings is 2. The Balaban J connectivity index is 1.76. The van der Waals surface area contributed by atoms with Crippen LogP contribution in [0.4, 0.5) is 0 Å². The van der Waals surface area contributed by atoms with Crippen LogP contribution in [0.3, 0.4) is 0 Å². The number of carbonyl (C=O) groups excluding carboxylic acids is 1. The Morgan fingerprint density at radius 2 is 1.33 bits per heavy atom. The summed E-state index contributed by atoms with van der Waals surface area (Å²) < 4.78 is 49.9. The SMILES string of the molecule is O=C1/C(=C/C=C/C2=C([O-])c3ccccc3S2(=O)=O)S(=O)(=O)c2ccccc21. The van der Waals surface area contributed by atoms with Gasteiger partial charge in [-0.1, -0.05) is 42.2 Å². The van der Waals surface area contributed by atoms with Crippen LogP contribution >= 0.6 is 0 Å². The molecule has 8 heteroatoms. The zero-order chi connectivity index (χ0) is 19.4. The number of fused-ring (bicyclic) bond motifs is 2. The minimum atomic E-state index is -3.97. The quantitative estimate of drug-likeness (QED) is 0.710. The van der Waals surface area contributed by atoms with E-state index in [0.29, 0.717) is 0 Å². The molecule has 0 saturated heterocycles. The number of Topliss-reactive ketones (excluding diaryl/α,β-unsaturated/α-hetero) is 1. The van der Waals surface area contributed by atoms with E-state index >= 15 is 0 Å². The second-order valence-electron chi connectivity index (χ2n) is 5.91. The van der Waals surface area contributed by atoms with Crippen LogP contribution in [-0.2, 0) is 19.7 Å². The molecule has 136 valence electrons. The molecule has 0 unspecified atom stereocenters. The van der Waals surface area contributed by atoms with Gasteiger partial charge in [0, 0.05) is 5.56 Å². The monoisotopic (exact) mass is 399 g/mol. The highest BCUT2D eigenvalue weighted by molar-refractivity contribution is 7.97. The molecule has 0 fully saturated rings. The van der Waals surface area contributed by atoms with E-state index in [1.54, 1.807) is 12.1 Å². The number of ketones is 1. The molecule has 4 rings (SSSR count). The van der Waals surface area contributed by atoms with Crippen molar-refractivity contribution >= 4 is 31.2 Å². The summed E-state index contributed by atoms with van der Waals surface area (Å²) in [5, 5.41) is 12.3. The largest absolute Gasteiger partial charge is 0.871 e. The number of rotatable bonds is 2. The van der Waals surface area contributed by atoms with E-state index in [0.717, 1.165) is 18.2 Å². The van der Waals surface area contributed by atoms with Crippen LogP contribution in [0.25, 0.3) is 5.76 Å². The van der Waals surface area contributed by atoms with Gasteiger partial charge in [0.2, 0.25) is 25.5 Å². The Hall–Kier alpha value is -2.97. The Morgan fingerprint density at radius 3 is 1.93 bits per heavy atom. The van der Waals surface area contributed by atoms with Crippen LogP contribution in [-0.4, -0.2) is 22.6 Å². The van der Waals surface area contributed by atoms with Crippen LogP contribution in [0, 0.1) is 0 Å². The Labute approximate surface area is 155 Å². The fourth-order valence-electron chi connectivity index (χ4n) is 3.08. The van der Waals surface area contributed by atoms with Crippen molar-refractivity contribution in [2.24, 2.45) is 0 Å². The van der Waals surface area contributed by atoms with E-state index < -0.39 is 41.0 Å². The average Bonchev–Trinajstić information content (AvgIpc) is 2.96. The van der Waals surface area contributed by atoms with Crippen LogP contribution in [0.2, 0.25) is 0 Å². The molecule has 0 saturated carbocycles. The Kier molecular flexibility index (Phi) is 3.72. The fourth-order valence-corrected chi connectivity index (χ4v) is 6.19. The molecule has 0 aliphatic carbocycles. The highest BCUT2D eigenvalue weighted by atomic mass is 32.2. The van der Waals surface area contributed by atoms with Gasteiger partial charge in [-0.2, -0.15) is 0 Å². The van der Waals surface area contributed by atoms with E-state index in [1.165, 1.54) is 36.4 Å². The summed E-state index contributed by atoms with van der Waals surface area (Å²) in [5.41, 5.74) is 0.142. The van der Waals surface area contributed by atoms with E-state index in [1.807, 2.05) is 0 Å². The maximum atomic E-state index is 12.5. The molecule has 0 aromatic heterocycles. The molecule has 2 aromatic carbocycles. The van der Waals surface area contributed by atoms with Gasteiger partial charge in [0.25, 0.3) is 0 Å². The molecule has 0 N–H and O–H groups in total. The minimum absolute atomic E-state index is 0.0711. The molecule has 6 nitrogen and oxygen atoms in total. The molecule has 0 bridgehead atoms. The summed E-state index contributed by atoms with van der Waals surface area (Å²) in [6, 6.07) is 11.6. The summed E-state index contributed by atoms with van der Waals surface area (Å²) in [5.74, 6) is -1.33. The summed E-state index contributed by atoms with van der Waals surface area (Å²) in [7, 11) is -7.94. The molecule has 2 aliphatic heterocycles. The summed E-state index contributed by atoms with van der Waals surface area (Å²) in [6.45, 7) is 0. The Morgan fingerprint density at radius 1 is 0.778 bits per heavy atom. The topological polar surface area (TPSA) is 108 Å². The van der Waals surface area contributed by atoms with Gasteiger partial charge in [0.1, 0.15) is 4.91 Å². The van der Waals surface area contributed by atoms with Gasteiger partial charge in [0.05, 0.1) is 14.7 Å². The lowest BCUT2D eigenvalue weighted by molar-refractivity contribution is -0.244. The first-order chi connectivity index (χ1) is 12.8. The summed E-state index contributed by atoms with van der Waals surface area (Å²) in [4.78, 5) is 11.3. The lowest BCUT2D eigenvalue weighted by atomic mass is 10.1. The van der Waals surface area contributed by atoms with Crippen LogP contribution in [0.15, 0.2) is 86.4 Å². The van der Waals surface area contributed by atoms with Crippen molar-refractivity contribution in [1.29, 1.82) is 0 Å². The number of sulfone groups is 2. The second kappa shape index (κ2) is 5.77. The molecule has 0 atom stereocenters. The molecule has 2 aromatic rings. The van der Waals surface area contributed by atoms with Crippen LogP contribution < -0.4 is 5.11 Å². The second-order valence-corrected chi connectivity index (χ2v) is 9.68. The normalized spacial score (nSPS) is 21.0. The number of allylic oxidation sites excluding steroid dienone is 4. The zero-order valence-corrected chi connectivity index (χ0v) is 15.2. The lowest BCUT2D eigenvalue weighted by Crippen LogP contribution is -2.03. The molecule has 0 amide bonds. The predicted octanol–water partition coefficient (Wildman–Crippen LogP) is 1.61. The fraction of sp³-hybridized carbons (Fsp3) is 0. The van der Waals surface area contributed by atoms with Gasteiger partial charge in [-0.05, 0) is 35.9 Å². The van der Waals surface area contributed by atoms with Gasteiger partial charge in [-0.25, -0.2) is 16.8 Å². The molecule has 27 heavy (non-hydrogen) atoms. The van der Waals surface area contributed by atoms with E-state index in [2.05, 4.69) is 0 Å². The zero-order valence-electron chi connectivity index (χ0n) is 13.6. The maximum absolute atomic E-state index is 12.5. The molecule has 0 spiro atoms. The van der Waals surface area contributed by atoms with Crippen molar-refractivity contribution < 1.29 is 26.7 Å². The Bertz CT molecular complexity index is 1310. The van der Waals surface area contributed by atoms with E-state index in [9.17, 15) is 26.7 Å². The van der Waals surface area contributed by atoms with Gasteiger partial charge in [-0.15, -0.1) is 0 Å². The van der Waals surface area contributed by atoms with Crippen LogP contribution in [0.5, 0.6) is 0 Å². The van der Waals surface area contributed by atoms with Gasteiger partial charge in [-0.3, -0.25) is 4.79 Å². The van der Waals surface area contributed by atoms with Crippen molar-refractivity contribution in [3.05, 3.63) is 87.7 Å². The third-order valence-electron chi connectivity index (χ3n) is 4.36. The van der Waals surface area contributed by atoms with Crippen LogP contribution in [0.1, 0.15) is 15.9 Å². The van der Waals surface area contributed by atoms with Crippen molar-refractivity contribution in [2.45, 2.75) is 9.79 Å². The molecular weight excluding hydrogens is 388 g/mol. The van der Waals surface area contributed by atoms with E-state index in [4.69, 9.17) is 0 Å². The number of carbonyl (C=O) groups is 1. The van der Waals surface area contributed by atoms with Gasteiger partial charge < -0.3 is 5.11 Å². The van der Waals surface area contributed by atoms with Gasteiger partial charge in [0.15, 0.2) is 0 Å².